The highest BCUT2D eigenvalue weighted by atomic mass is 35.5. The highest BCUT2D eigenvalue weighted by Gasteiger charge is 2.41. The van der Waals surface area contributed by atoms with Crippen LogP contribution in [0.1, 0.15) is 43.3 Å². The third-order valence-corrected chi connectivity index (χ3v) is 4.64. The van der Waals surface area contributed by atoms with Crippen LogP contribution < -0.4 is 0 Å². The average Bonchev–Trinajstić information content (AvgIpc) is 2.65. The van der Waals surface area contributed by atoms with Crippen molar-refractivity contribution in [1.29, 1.82) is 0 Å². The summed E-state index contributed by atoms with van der Waals surface area (Å²) >= 11 is 12.3. The van der Waals surface area contributed by atoms with Crippen LogP contribution in [0.4, 0.5) is 0 Å². The quantitative estimate of drug-likeness (QED) is 0.709. The van der Waals surface area contributed by atoms with Gasteiger partial charge >= 0.3 is 0 Å². The van der Waals surface area contributed by atoms with Crippen molar-refractivity contribution < 1.29 is 9.59 Å². The van der Waals surface area contributed by atoms with E-state index in [4.69, 9.17) is 23.2 Å². The molecule has 4 heteroatoms. The van der Waals surface area contributed by atoms with Crippen molar-refractivity contribution >= 4 is 34.8 Å². The fourth-order valence-corrected chi connectivity index (χ4v) is 3.32. The van der Waals surface area contributed by atoms with Crippen molar-refractivity contribution in [2.45, 2.75) is 19.8 Å². The summed E-state index contributed by atoms with van der Waals surface area (Å²) in [6, 6.07) is 8.52. The van der Waals surface area contributed by atoms with Crippen molar-refractivity contribution in [2.75, 3.05) is 0 Å². The molecule has 0 radical (unpaired) electrons. The first-order valence-corrected chi connectivity index (χ1v) is 7.31. The second-order valence-electron chi connectivity index (χ2n) is 5.28. The lowest BCUT2D eigenvalue weighted by molar-refractivity contribution is 0.0890. The Morgan fingerprint density at radius 3 is 1.71 bits per heavy atom. The smallest absolute Gasteiger partial charge is 0.178 e. The molecule has 2 nitrogen and oxygen atoms in total. The van der Waals surface area contributed by atoms with Gasteiger partial charge in [0.25, 0.3) is 0 Å². The van der Waals surface area contributed by atoms with Crippen LogP contribution in [0.25, 0.3) is 0 Å². The first-order valence-electron chi connectivity index (χ1n) is 6.55. The van der Waals surface area contributed by atoms with Crippen LogP contribution in [0.2, 0.25) is 10.0 Å². The summed E-state index contributed by atoms with van der Waals surface area (Å²) in [5, 5.41) is 0.686. The highest BCUT2D eigenvalue weighted by Crippen LogP contribution is 2.40. The van der Waals surface area contributed by atoms with Gasteiger partial charge in [0.2, 0.25) is 0 Å². The number of aryl methyl sites for hydroxylation is 2. The van der Waals surface area contributed by atoms with Crippen molar-refractivity contribution in [3.05, 3.63) is 68.2 Å². The van der Waals surface area contributed by atoms with E-state index in [9.17, 15) is 9.59 Å². The van der Waals surface area contributed by atoms with Crippen molar-refractivity contribution in [3.8, 4) is 0 Å². The zero-order chi connectivity index (χ0) is 15.3. The third-order valence-electron chi connectivity index (χ3n) is 3.98. The Kier molecular flexibility index (Phi) is 3.39. The molecule has 3 rings (SSSR count). The van der Waals surface area contributed by atoms with Gasteiger partial charge < -0.3 is 0 Å². The molecule has 0 aromatic heterocycles. The first-order chi connectivity index (χ1) is 9.91. The number of Topliss-reactive ketones (excluding diaryl/α,β-unsaturated/α-hetero) is 2. The molecular formula is C17H12Cl2O2. The predicted molar refractivity (Wildman–Crippen MR) is 83.8 cm³/mol. The molecule has 0 aliphatic heterocycles. The van der Waals surface area contributed by atoms with Gasteiger partial charge in [0, 0.05) is 26.7 Å². The topological polar surface area (TPSA) is 34.1 Å². The van der Waals surface area contributed by atoms with Gasteiger partial charge in [0.15, 0.2) is 11.6 Å². The molecule has 0 unspecified atom stereocenters. The summed E-state index contributed by atoms with van der Waals surface area (Å²) in [4.78, 5) is 25.3. The number of fused-ring (bicyclic) bond motifs is 1. The molecule has 2 aromatic rings. The Morgan fingerprint density at radius 2 is 1.29 bits per heavy atom. The molecule has 0 fully saturated rings. The van der Waals surface area contributed by atoms with Crippen LogP contribution in [-0.4, -0.2) is 11.6 Å². The molecule has 0 heterocycles. The molecule has 21 heavy (non-hydrogen) atoms. The van der Waals surface area contributed by atoms with E-state index in [0.29, 0.717) is 26.7 Å². The van der Waals surface area contributed by atoms with Gasteiger partial charge in [-0.1, -0.05) is 29.3 Å². The van der Waals surface area contributed by atoms with E-state index in [1.165, 1.54) is 0 Å². The molecule has 1 aliphatic carbocycles. The van der Waals surface area contributed by atoms with Crippen LogP contribution in [0.3, 0.4) is 0 Å². The predicted octanol–water partition coefficient (Wildman–Crippen LogP) is 4.77. The Bertz CT molecular complexity index is 732. The minimum atomic E-state index is -0.928. The van der Waals surface area contributed by atoms with Gasteiger partial charge in [0.1, 0.15) is 5.92 Å². The summed E-state index contributed by atoms with van der Waals surface area (Å²) in [6.45, 7) is 3.84. The maximum Gasteiger partial charge on any atom is 0.178 e. The molecule has 2 aromatic carbocycles. The number of benzene rings is 2. The summed E-state index contributed by atoms with van der Waals surface area (Å²) in [6.07, 6.45) is 0. The van der Waals surface area contributed by atoms with Gasteiger partial charge in [-0.2, -0.15) is 0 Å². The van der Waals surface area contributed by atoms with E-state index in [0.717, 1.165) is 11.1 Å². The molecule has 106 valence electrons. The number of carbonyl (C=O) groups excluding carboxylic acids is 2. The Labute approximate surface area is 132 Å². The summed E-state index contributed by atoms with van der Waals surface area (Å²) in [5.74, 6) is -1.39. The first kappa shape index (κ1) is 14.3. The molecule has 0 saturated carbocycles. The zero-order valence-corrected chi connectivity index (χ0v) is 13.0. The average molecular weight is 319 g/mol. The fraction of sp³-hybridized carbons (Fsp3) is 0.176. The minimum Gasteiger partial charge on any atom is -0.293 e. The highest BCUT2D eigenvalue weighted by molar-refractivity contribution is 6.39. The Balaban J connectivity index is 2.21. The second kappa shape index (κ2) is 4.97. The minimum absolute atomic E-state index is 0.229. The molecule has 0 saturated heterocycles. The molecule has 0 bridgehead atoms. The number of carbonyl (C=O) groups is 2. The SMILES string of the molecule is Cc1cc2c(cc1C)C(=O)C(c1c(Cl)cccc1Cl)C2=O. The molecule has 0 spiro atoms. The van der Waals surface area contributed by atoms with Crippen LogP contribution in [0.5, 0.6) is 0 Å². The lowest BCUT2D eigenvalue weighted by Crippen LogP contribution is -2.14. The number of hydrogen-bond donors (Lipinski definition) is 0. The number of hydrogen-bond acceptors (Lipinski definition) is 2. The Hall–Kier alpha value is -1.64. The Morgan fingerprint density at radius 1 is 0.857 bits per heavy atom. The van der Waals surface area contributed by atoms with E-state index in [2.05, 4.69) is 0 Å². The van der Waals surface area contributed by atoms with Crippen LogP contribution in [-0.2, 0) is 0 Å². The third kappa shape index (κ3) is 2.10. The normalized spacial score (nSPS) is 14.7. The van der Waals surface area contributed by atoms with Gasteiger partial charge in [-0.25, -0.2) is 0 Å². The maximum atomic E-state index is 12.6. The van der Waals surface area contributed by atoms with Gasteiger partial charge in [-0.15, -0.1) is 0 Å². The van der Waals surface area contributed by atoms with E-state index in [1.54, 1.807) is 30.3 Å². The summed E-state index contributed by atoms with van der Waals surface area (Å²) in [7, 11) is 0. The standard InChI is InChI=1S/C17H12Cl2O2/c1-8-6-10-11(7-9(8)2)17(21)15(16(10)20)14-12(18)4-3-5-13(14)19/h3-7,15H,1-2H3. The van der Waals surface area contributed by atoms with Crippen LogP contribution in [0, 0.1) is 13.8 Å². The maximum absolute atomic E-state index is 12.6. The monoisotopic (exact) mass is 318 g/mol. The van der Waals surface area contributed by atoms with Gasteiger partial charge in [0.05, 0.1) is 0 Å². The van der Waals surface area contributed by atoms with E-state index in [1.807, 2.05) is 13.8 Å². The van der Waals surface area contributed by atoms with Gasteiger partial charge in [-0.05, 0) is 49.2 Å². The van der Waals surface area contributed by atoms with E-state index in [-0.39, 0.29) is 11.6 Å². The largest absolute Gasteiger partial charge is 0.293 e. The van der Waals surface area contributed by atoms with Crippen LogP contribution in [0.15, 0.2) is 30.3 Å². The lowest BCUT2D eigenvalue weighted by Gasteiger charge is -2.11. The number of ketones is 2. The number of halogens is 2. The summed E-state index contributed by atoms with van der Waals surface area (Å²) < 4.78 is 0. The lowest BCUT2D eigenvalue weighted by atomic mass is 9.94. The molecule has 0 atom stereocenters. The van der Waals surface area contributed by atoms with Crippen molar-refractivity contribution in [1.82, 2.24) is 0 Å². The zero-order valence-electron chi connectivity index (χ0n) is 11.5. The molecule has 1 aliphatic rings. The number of rotatable bonds is 1. The molecule has 0 amide bonds. The van der Waals surface area contributed by atoms with Crippen LogP contribution >= 0.6 is 23.2 Å². The molecular weight excluding hydrogens is 307 g/mol. The van der Waals surface area contributed by atoms with E-state index < -0.39 is 5.92 Å². The van der Waals surface area contributed by atoms with Crippen molar-refractivity contribution in [2.24, 2.45) is 0 Å². The second-order valence-corrected chi connectivity index (χ2v) is 6.09. The summed E-state index contributed by atoms with van der Waals surface area (Å²) in [5.41, 5.74) is 3.30. The van der Waals surface area contributed by atoms with E-state index >= 15 is 0 Å². The molecule has 0 N–H and O–H groups in total. The fourth-order valence-electron chi connectivity index (χ4n) is 2.70. The van der Waals surface area contributed by atoms with Crippen molar-refractivity contribution in [3.63, 3.8) is 0 Å². The van der Waals surface area contributed by atoms with Gasteiger partial charge in [-0.3, -0.25) is 9.59 Å².